The van der Waals surface area contributed by atoms with Gasteiger partial charge in [0.25, 0.3) is 0 Å². The molecule has 0 saturated heterocycles. The van der Waals surface area contributed by atoms with Crippen molar-refractivity contribution in [1.29, 1.82) is 5.26 Å². The van der Waals surface area contributed by atoms with E-state index in [1.807, 2.05) is 13.0 Å². The molecule has 0 aliphatic carbocycles. The highest BCUT2D eigenvalue weighted by Crippen LogP contribution is 2.12. The first-order valence-corrected chi connectivity index (χ1v) is 5.26. The second-order valence-corrected chi connectivity index (χ2v) is 3.52. The highest BCUT2D eigenvalue weighted by atomic mass is 16.3. The van der Waals surface area contributed by atoms with Crippen molar-refractivity contribution in [3.05, 3.63) is 17.8 Å². The summed E-state index contributed by atoms with van der Waals surface area (Å²) in [5.41, 5.74) is 6.15. The van der Waals surface area contributed by atoms with Crippen LogP contribution in [0.25, 0.3) is 0 Å². The minimum Gasteiger partial charge on any atom is -0.396 e. The summed E-state index contributed by atoms with van der Waals surface area (Å²) < 4.78 is 0. The number of nitriles is 1. The smallest absolute Gasteiger partial charge is 0.165 e. The van der Waals surface area contributed by atoms with Gasteiger partial charge in [-0.15, -0.1) is 0 Å². The zero-order chi connectivity index (χ0) is 12.0. The standard InChI is InChI=1S/C11H16N4O/c1-2-8(16)5-6-14-11-4-3-9(13)10(7-12)15-11/h3-4,8,16H,2,5-6,13H2,1H3,(H,14,15). The van der Waals surface area contributed by atoms with Crippen LogP contribution < -0.4 is 11.1 Å². The molecule has 1 rings (SSSR count). The molecular weight excluding hydrogens is 204 g/mol. The Kier molecular flexibility index (Phi) is 4.55. The lowest BCUT2D eigenvalue weighted by molar-refractivity contribution is 0.164. The first-order valence-electron chi connectivity index (χ1n) is 5.26. The van der Waals surface area contributed by atoms with Gasteiger partial charge in [0.2, 0.25) is 0 Å². The molecule has 0 spiro atoms. The molecule has 86 valence electrons. The molecule has 0 aromatic carbocycles. The number of aliphatic hydroxyl groups excluding tert-OH is 1. The lowest BCUT2D eigenvalue weighted by Gasteiger charge is -2.09. The van der Waals surface area contributed by atoms with Gasteiger partial charge < -0.3 is 16.2 Å². The number of hydrogen-bond acceptors (Lipinski definition) is 5. The predicted octanol–water partition coefficient (Wildman–Crippen LogP) is 1.11. The van der Waals surface area contributed by atoms with E-state index in [0.29, 0.717) is 24.5 Å². The molecule has 0 aliphatic rings. The second kappa shape index (κ2) is 5.93. The molecule has 1 unspecified atom stereocenters. The van der Waals surface area contributed by atoms with Crippen LogP contribution in [-0.2, 0) is 0 Å². The Bertz CT molecular complexity index is 386. The Morgan fingerprint density at radius 2 is 2.38 bits per heavy atom. The van der Waals surface area contributed by atoms with Crippen LogP contribution in [0.1, 0.15) is 25.5 Å². The van der Waals surface area contributed by atoms with E-state index < -0.39 is 0 Å². The van der Waals surface area contributed by atoms with Crippen molar-refractivity contribution in [2.45, 2.75) is 25.9 Å². The van der Waals surface area contributed by atoms with Crippen LogP contribution in [0.5, 0.6) is 0 Å². The molecule has 0 amide bonds. The zero-order valence-electron chi connectivity index (χ0n) is 9.27. The van der Waals surface area contributed by atoms with Gasteiger partial charge in [0.1, 0.15) is 11.9 Å². The van der Waals surface area contributed by atoms with E-state index in [2.05, 4.69) is 10.3 Å². The van der Waals surface area contributed by atoms with Gasteiger partial charge in [0.05, 0.1) is 11.8 Å². The van der Waals surface area contributed by atoms with E-state index in [0.717, 1.165) is 6.42 Å². The topological polar surface area (TPSA) is 95.0 Å². The molecule has 0 radical (unpaired) electrons. The first kappa shape index (κ1) is 12.3. The fourth-order valence-electron chi connectivity index (χ4n) is 1.23. The molecule has 1 aromatic rings. The van der Waals surface area contributed by atoms with Crippen LogP contribution in [0, 0.1) is 11.3 Å². The maximum absolute atomic E-state index is 9.35. The molecule has 1 atom stereocenters. The predicted molar refractivity (Wildman–Crippen MR) is 62.8 cm³/mol. The minimum atomic E-state index is -0.295. The van der Waals surface area contributed by atoms with Gasteiger partial charge >= 0.3 is 0 Å². The molecule has 0 fully saturated rings. The zero-order valence-corrected chi connectivity index (χ0v) is 9.27. The Labute approximate surface area is 94.9 Å². The largest absolute Gasteiger partial charge is 0.396 e. The van der Waals surface area contributed by atoms with Crippen LogP contribution in [0.4, 0.5) is 11.5 Å². The van der Waals surface area contributed by atoms with E-state index >= 15 is 0 Å². The summed E-state index contributed by atoms with van der Waals surface area (Å²) in [5.74, 6) is 0.606. The molecule has 5 nitrogen and oxygen atoms in total. The van der Waals surface area contributed by atoms with Crippen molar-refractivity contribution in [2.75, 3.05) is 17.6 Å². The van der Waals surface area contributed by atoms with Crippen LogP contribution in [0.15, 0.2) is 12.1 Å². The molecule has 16 heavy (non-hydrogen) atoms. The third kappa shape index (κ3) is 3.41. The lowest BCUT2D eigenvalue weighted by atomic mass is 10.2. The van der Waals surface area contributed by atoms with Gasteiger partial charge in [-0.2, -0.15) is 5.26 Å². The maximum atomic E-state index is 9.35. The fraction of sp³-hybridized carbons (Fsp3) is 0.455. The molecule has 0 bridgehead atoms. The van der Waals surface area contributed by atoms with Crippen LogP contribution >= 0.6 is 0 Å². The van der Waals surface area contributed by atoms with Crippen LogP contribution in [0.3, 0.4) is 0 Å². The Balaban J connectivity index is 2.52. The minimum absolute atomic E-state index is 0.223. The van der Waals surface area contributed by atoms with Crippen LogP contribution in [-0.4, -0.2) is 22.7 Å². The number of nitrogens with zero attached hydrogens (tertiary/aromatic N) is 2. The summed E-state index contributed by atoms with van der Waals surface area (Å²) in [6.07, 6.45) is 1.10. The monoisotopic (exact) mass is 220 g/mol. The lowest BCUT2D eigenvalue weighted by Crippen LogP contribution is -2.13. The summed E-state index contributed by atoms with van der Waals surface area (Å²) in [4.78, 5) is 4.03. The summed E-state index contributed by atoms with van der Waals surface area (Å²) >= 11 is 0. The van der Waals surface area contributed by atoms with Gasteiger partial charge in [0.15, 0.2) is 5.69 Å². The second-order valence-electron chi connectivity index (χ2n) is 3.52. The van der Waals surface area contributed by atoms with Gasteiger partial charge in [-0.05, 0) is 25.0 Å². The molecule has 4 N–H and O–H groups in total. The summed E-state index contributed by atoms with van der Waals surface area (Å²) in [5, 5.41) is 21.1. The van der Waals surface area contributed by atoms with E-state index in [-0.39, 0.29) is 11.8 Å². The van der Waals surface area contributed by atoms with E-state index in [4.69, 9.17) is 11.0 Å². The molecular formula is C11H16N4O. The van der Waals surface area contributed by atoms with E-state index in [9.17, 15) is 5.11 Å². The molecule has 0 aliphatic heterocycles. The number of aromatic nitrogens is 1. The molecule has 1 aromatic heterocycles. The average Bonchev–Trinajstić information content (AvgIpc) is 2.31. The number of nitrogens with one attached hydrogen (secondary N) is 1. The highest BCUT2D eigenvalue weighted by molar-refractivity contribution is 5.54. The molecule has 1 heterocycles. The van der Waals surface area contributed by atoms with Crippen molar-refractivity contribution >= 4 is 11.5 Å². The van der Waals surface area contributed by atoms with Crippen molar-refractivity contribution < 1.29 is 5.11 Å². The first-order chi connectivity index (χ1) is 7.67. The number of rotatable bonds is 5. The van der Waals surface area contributed by atoms with Gasteiger partial charge in [-0.1, -0.05) is 6.92 Å². The number of anilines is 2. The van der Waals surface area contributed by atoms with Crippen molar-refractivity contribution in [1.82, 2.24) is 4.98 Å². The van der Waals surface area contributed by atoms with Crippen molar-refractivity contribution in [3.8, 4) is 6.07 Å². The van der Waals surface area contributed by atoms with E-state index in [1.165, 1.54) is 0 Å². The van der Waals surface area contributed by atoms with Gasteiger partial charge in [-0.3, -0.25) is 0 Å². The van der Waals surface area contributed by atoms with Crippen molar-refractivity contribution in [2.24, 2.45) is 0 Å². The summed E-state index contributed by atoms with van der Waals surface area (Å²) in [7, 11) is 0. The fourth-order valence-corrected chi connectivity index (χ4v) is 1.23. The number of pyridine rings is 1. The summed E-state index contributed by atoms with van der Waals surface area (Å²) in [6.45, 7) is 2.55. The third-order valence-electron chi connectivity index (χ3n) is 2.29. The summed E-state index contributed by atoms with van der Waals surface area (Å²) in [6, 6.07) is 5.28. The maximum Gasteiger partial charge on any atom is 0.165 e. The van der Waals surface area contributed by atoms with Gasteiger partial charge in [0, 0.05) is 6.54 Å². The normalized spacial score (nSPS) is 11.8. The Morgan fingerprint density at radius 3 is 3.00 bits per heavy atom. The number of nitrogen functional groups attached to an aromatic ring is 1. The number of hydrogen-bond donors (Lipinski definition) is 3. The SMILES string of the molecule is CCC(O)CCNc1ccc(N)c(C#N)n1. The quantitative estimate of drug-likeness (QED) is 0.690. The molecule has 5 heteroatoms. The van der Waals surface area contributed by atoms with Crippen molar-refractivity contribution in [3.63, 3.8) is 0 Å². The van der Waals surface area contributed by atoms with E-state index in [1.54, 1.807) is 12.1 Å². The number of aliphatic hydroxyl groups is 1. The van der Waals surface area contributed by atoms with Gasteiger partial charge in [-0.25, -0.2) is 4.98 Å². The number of nitrogens with two attached hydrogens (primary N) is 1. The highest BCUT2D eigenvalue weighted by Gasteiger charge is 2.03. The van der Waals surface area contributed by atoms with Crippen LogP contribution in [0.2, 0.25) is 0 Å². The Hall–Kier alpha value is -1.80. The molecule has 0 saturated carbocycles. The Morgan fingerprint density at radius 1 is 1.62 bits per heavy atom. The average molecular weight is 220 g/mol. The third-order valence-corrected chi connectivity index (χ3v) is 2.29.